The van der Waals surface area contributed by atoms with E-state index >= 15 is 0 Å². The Morgan fingerprint density at radius 1 is 1.21 bits per heavy atom. The zero-order valence-electron chi connectivity index (χ0n) is 8.82. The second-order valence-corrected chi connectivity index (χ2v) is 4.56. The van der Waals surface area contributed by atoms with Crippen molar-refractivity contribution in [2.24, 2.45) is 5.41 Å². The predicted molar refractivity (Wildman–Crippen MR) is 50.1 cm³/mol. The fourth-order valence-corrected chi connectivity index (χ4v) is 1.86. The molecule has 4 heteroatoms. The van der Waals surface area contributed by atoms with Gasteiger partial charge in [-0.05, 0) is 31.3 Å². The summed E-state index contributed by atoms with van der Waals surface area (Å²) in [5.41, 5.74) is 0.266. The molecular formula is C10H18F3N. The van der Waals surface area contributed by atoms with E-state index in [-0.39, 0.29) is 5.41 Å². The first kappa shape index (κ1) is 11.8. The van der Waals surface area contributed by atoms with Gasteiger partial charge in [0.05, 0.1) is 6.54 Å². The van der Waals surface area contributed by atoms with Crippen molar-refractivity contribution in [2.45, 2.75) is 39.3 Å². The van der Waals surface area contributed by atoms with Crippen LogP contribution in [0.1, 0.15) is 33.1 Å². The lowest BCUT2D eigenvalue weighted by atomic mass is 9.78. The van der Waals surface area contributed by atoms with Crippen molar-refractivity contribution >= 4 is 0 Å². The molecular weight excluding hydrogens is 191 g/mol. The second kappa shape index (κ2) is 4.09. The predicted octanol–water partition coefficient (Wildman–Crippen LogP) is 3.06. The lowest BCUT2D eigenvalue weighted by Gasteiger charge is -2.39. The maximum absolute atomic E-state index is 12.1. The van der Waals surface area contributed by atoms with Gasteiger partial charge in [0.15, 0.2) is 0 Å². The molecule has 0 aromatic carbocycles. The van der Waals surface area contributed by atoms with Crippen LogP contribution in [0.2, 0.25) is 0 Å². The fraction of sp³-hybridized carbons (Fsp3) is 1.00. The molecule has 0 N–H and O–H groups in total. The molecule has 0 amide bonds. The number of nitrogens with zero attached hydrogens (tertiary/aromatic N) is 1. The Hall–Kier alpha value is -0.250. The molecule has 1 saturated heterocycles. The molecule has 1 heterocycles. The highest BCUT2D eigenvalue weighted by molar-refractivity contribution is 4.81. The highest BCUT2D eigenvalue weighted by Crippen LogP contribution is 2.34. The van der Waals surface area contributed by atoms with Gasteiger partial charge in [0.25, 0.3) is 0 Å². The Labute approximate surface area is 83.3 Å². The largest absolute Gasteiger partial charge is 0.401 e. The maximum atomic E-state index is 12.1. The number of piperidine rings is 1. The highest BCUT2D eigenvalue weighted by Gasteiger charge is 2.35. The standard InChI is InChI=1S/C10H18F3N/c1-3-9(2)4-6-14(7-5-9)8-10(11,12)13/h3-8H2,1-2H3. The summed E-state index contributed by atoms with van der Waals surface area (Å²) in [5, 5.41) is 0. The van der Waals surface area contributed by atoms with Gasteiger partial charge < -0.3 is 0 Å². The van der Waals surface area contributed by atoms with Crippen LogP contribution >= 0.6 is 0 Å². The Morgan fingerprint density at radius 3 is 2.07 bits per heavy atom. The Morgan fingerprint density at radius 2 is 1.71 bits per heavy atom. The van der Waals surface area contributed by atoms with E-state index < -0.39 is 12.7 Å². The van der Waals surface area contributed by atoms with Crippen LogP contribution in [0.5, 0.6) is 0 Å². The molecule has 14 heavy (non-hydrogen) atoms. The smallest absolute Gasteiger partial charge is 0.295 e. The molecule has 0 bridgehead atoms. The number of likely N-dealkylation sites (tertiary alicyclic amines) is 1. The lowest BCUT2D eigenvalue weighted by Crippen LogP contribution is -2.42. The van der Waals surface area contributed by atoms with E-state index in [2.05, 4.69) is 13.8 Å². The van der Waals surface area contributed by atoms with Crippen molar-refractivity contribution in [1.82, 2.24) is 4.90 Å². The number of rotatable bonds is 2. The van der Waals surface area contributed by atoms with E-state index in [1.54, 1.807) is 0 Å². The number of alkyl halides is 3. The minimum absolute atomic E-state index is 0.266. The van der Waals surface area contributed by atoms with Crippen molar-refractivity contribution in [1.29, 1.82) is 0 Å². The highest BCUT2D eigenvalue weighted by atomic mass is 19.4. The molecule has 0 aromatic heterocycles. The van der Waals surface area contributed by atoms with Crippen LogP contribution in [-0.2, 0) is 0 Å². The van der Waals surface area contributed by atoms with E-state index in [0.717, 1.165) is 19.3 Å². The molecule has 84 valence electrons. The number of hydrogen-bond acceptors (Lipinski definition) is 1. The fourth-order valence-electron chi connectivity index (χ4n) is 1.86. The van der Waals surface area contributed by atoms with Crippen LogP contribution in [0.3, 0.4) is 0 Å². The van der Waals surface area contributed by atoms with Crippen LogP contribution in [0.15, 0.2) is 0 Å². The van der Waals surface area contributed by atoms with E-state index in [0.29, 0.717) is 13.1 Å². The van der Waals surface area contributed by atoms with E-state index in [9.17, 15) is 13.2 Å². The van der Waals surface area contributed by atoms with Gasteiger partial charge in [-0.1, -0.05) is 20.3 Å². The summed E-state index contributed by atoms with van der Waals surface area (Å²) in [4.78, 5) is 1.51. The van der Waals surface area contributed by atoms with Crippen LogP contribution < -0.4 is 0 Å². The summed E-state index contributed by atoms with van der Waals surface area (Å²) < 4.78 is 36.2. The first-order chi connectivity index (χ1) is 6.35. The van der Waals surface area contributed by atoms with Crippen molar-refractivity contribution in [2.75, 3.05) is 19.6 Å². The summed E-state index contributed by atoms with van der Waals surface area (Å²) in [7, 11) is 0. The minimum Gasteiger partial charge on any atom is -0.295 e. The summed E-state index contributed by atoms with van der Waals surface area (Å²) >= 11 is 0. The van der Waals surface area contributed by atoms with E-state index in [4.69, 9.17) is 0 Å². The first-order valence-corrected chi connectivity index (χ1v) is 5.14. The SMILES string of the molecule is CCC1(C)CCN(CC(F)(F)F)CC1. The molecule has 1 aliphatic heterocycles. The molecule has 0 unspecified atom stereocenters. The molecule has 0 atom stereocenters. The van der Waals surface area contributed by atoms with Gasteiger partial charge in [-0.25, -0.2) is 0 Å². The monoisotopic (exact) mass is 209 g/mol. The third-order valence-electron chi connectivity index (χ3n) is 3.32. The molecule has 1 nitrogen and oxygen atoms in total. The van der Waals surface area contributed by atoms with Gasteiger partial charge in [-0.2, -0.15) is 13.2 Å². The maximum Gasteiger partial charge on any atom is 0.401 e. The number of halogens is 3. The summed E-state index contributed by atoms with van der Waals surface area (Å²) in [6.07, 6.45) is -1.20. The van der Waals surface area contributed by atoms with Crippen LogP contribution in [-0.4, -0.2) is 30.7 Å². The van der Waals surface area contributed by atoms with Crippen LogP contribution in [0.25, 0.3) is 0 Å². The van der Waals surface area contributed by atoms with Crippen LogP contribution in [0, 0.1) is 5.41 Å². The van der Waals surface area contributed by atoms with E-state index in [1.165, 1.54) is 4.90 Å². The summed E-state index contributed by atoms with van der Waals surface area (Å²) in [6, 6.07) is 0. The van der Waals surface area contributed by atoms with Gasteiger partial charge in [0.2, 0.25) is 0 Å². The molecule has 0 radical (unpaired) electrons. The molecule has 1 aliphatic rings. The Bertz CT molecular complexity index is 180. The normalized spacial score (nSPS) is 23.8. The van der Waals surface area contributed by atoms with Crippen molar-refractivity contribution in [3.05, 3.63) is 0 Å². The molecule has 1 rings (SSSR count). The Balaban J connectivity index is 2.36. The zero-order chi connectivity index (χ0) is 10.8. The summed E-state index contributed by atoms with van der Waals surface area (Å²) in [5.74, 6) is 0. The van der Waals surface area contributed by atoms with Crippen LogP contribution in [0.4, 0.5) is 13.2 Å². The average Bonchev–Trinajstić information content (AvgIpc) is 2.07. The summed E-state index contributed by atoms with van der Waals surface area (Å²) in [6.45, 7) is 4.71. The number of hydrogen-bond donors (Lipinski definition) is 0. The third kappa shape index (κ3) is 3.48. The van der Waals surface area contributed by atoms with Gasteiger partial charge in [-0.3, -0.25) is 4.90 Å². The van der Waals surface area contributed by atoms with Gasteiger partial charge in [0.1, 0.15) is 0 Å². The van der Waals surface area contributed by atoms with Crippen molar-refractivity contribution < 1.29 is 13.2 Å². The topological polar surface area (TPSA) is 3.24 Å². The lowest BCUT2D eigenvalue weighted by molar-refractivity contribution is -0.150. The molecule has 0 aliphatic carbocycles. The molecule has 0 spiro atoms. The first-order valence-electron chi connectivity index (χ1n) is 5.14. The van der Waals surface area contributed by atoms with Crippen molar-refractivity contribution in [3.8, 4) is 0 Å². The quantitative estimate of drug-likeness (QED) is 0.675. The van der Waals surface area contributed by atoms with E-state index in [1.807, 2.05) is 0 Å². The third-order valence-corrected chi connectivity index (χ3v) is 3.32. The zero-order valence-corrected chi connectivity index (χ0v) is 8.82. The Kier molecular flexibility index (Phi) is 3.45. The second-order valence-electron chi connectivity index (χ2n) is 4.56. The van der Waals surface area contributed by atoms with Gasteiger partial charge >= 0.3 is 6.18 Å². The molecule has 0 aromatic rings. The molecule has 1 fully saturated rings. The van der Waals surface area contributed by atoms with Gasteiger partial charge in [0, 0.05) is 0 Å². The molecule has 0 saturated carbocycles. The van der Waals surface area contributed by atoms with Gasteiger partial charge in [-0.15, -0.1) is 0 Å². The van der Waals surface area contributed by atoms with Crippen molar-refractivity contribution in [3.63, 3.8) is 0 Å². The minimum atomic E-state index is -4.04. The average molecular weight is 209 g/mol.